The number of hydrogen-bond acceptors (Lipinski definition) is 1. The summed E-state index contributed by atoms with van der Waals surface area (Å²) in [6, 6.07) is 9.24. The molecule has 1 aromatic carbocycles. The molecule has 2 aliphatic rings. The topological polar surface area (TPSA) is 0 Å². The van der Waals surface area contributed by atoms with Crippen LogP contribution in [0.15, 0.2) is 40.0 Å². The van der Waals surface area contributed by atoms with Gasteiger partial charge in [-0.2, -0.15) is 0 Å². The number of thioether (sulfide) groups is 1. The van der Waals surface area contributed by atoms with Crippen molar-refractivity contribution in [3.05, 3.63) is 40.7 Å². The first-order valence-electron chi connectivity index (χ1n) is 11.7. The molecule has 2 aliphatic carbocycles. The molecular weight excluding hydrogens is 343 g/mol. The van der Waals surface area contributed by atoms with Gasteiger partial charge < -0.3 is 0 Å². The number of hydrogen-bond donors (Lipinski definition) is 0. The van der Waals surface area contributed by atoms with Crippen LogP contribution in [0.1, 0.15) is 96.0 Å². The van der Waals surface area contributed by atoms with E-state index >= 15 is 0 Å². The fourth-order valence-electron chi connectivity index (χ4n) is 5.27. The molecule has 0 aromatic heterocycles. The summed E-state index contributed by atoms with van der Waals surface area (Å²) in [6.07, 6.45) is 21.2. The van der Waals surface area contributed by atoms with E-state index in [1.165, 1.54) is 93.9 Å². The van der Waals surface area contributed by atoms with Gasteiger partial charge in [-0.25, -0.2) is 0 Å². The van der Waals surface area contributed by atoms with Gasteiger partial charge in [0.2, 0.25) is 0 Å². The molecule has 0 spiro atoms. The summed E-state index contributed by atoms with van der Waals surface area (Å²) in [5.41, 5.74) is 1.37. The molecule has 0 unspecified atom stereocenters. The van der Waals surface area contributed by atoms with Crippen LogP contribution in [0, 0.1) is 6.92 Å². The van der Waals surface area contributed by atoms with E-state index in [9.17, 15) is 0 Å². The molecule has 0 N–H and O–H groups in total. The second kappa shape index (κ2) is 11.4. The minimum Gasteiger partial charge on any atom is -0.105 e. The Bertz CT molecular complexity index is 546. The minimum absolute atomic E-state index is 0.828. The summed E-state index contributed by atoms with van der Waals surface area (Å²) < 4.78 is 0. The predicted octanol–water partition coefficient (Wildman–Crippen LogP) is 8.86. The minimum atomic E-state index is 0.828. The van der Waals surface area contributed by atoms with Crippen molar-refractivity contribution < 1.29 is 0 Å². The fourth-order valence-corrected chi connectivity index (χ4v) is 6.54. The van der Waals surface area contributed by atoms with E-state index in [2.05, 4.69) is 56.0 Å². The first kappa shape index (κ1) is 21.1. The molecule has 3 rings (SSSR count). The fraction of sp³-hybridized carbons (Fsp3) is 0.680. The summed E-state index contributed by atoms with van der Waals surface area (Å²) in [6.45, 7) is 5.34. The molecule has 0 radical (unpaired) electrons. The average molecular weight is 382 g/mol. The van der Waals surface area contributed by atoms with Crippen LogP contribution in [0.3, 0.4) is 0 Å². The van der Waals surface area contributed by atoms with Crippen LogP contribution in [0.25, 0.3) is 0 Å². The Kier molecular flexibility index (Phi) is 8.90. The molecule has 0 bridgehead atoms. The average Bonchev–Trinajstić information content (AvgIpc) is 2.71. The lowest BCUT2D eigenvalue weighted by Crippen LogP contribution is -2.31. The lowest BCUT2D eigenvalue weighted by molar-refractivity contribution is 0.464. The zero-order valence-electron chi connectivity index (χ0n) is 17.7. The van der Waals surface area contributed by atoms with Crippen molar-refractivity contribution in [2.45, 2.75) is 114 Å². The monoisotopic (exact) mass is 382 g/mol. The van der Waals surface area contributed by atoms with Crippen molar-refractivity contribution in [1.29, 1.82) is 0 Å². The van der Waals surface area contributed by atoms with Gasteiger partial charge >= 0.3 is 0 Å². The number of aryl methyl sites for hydroxylation is 1. The highest BCUT2D eigenvalue weighted by Gasteiger charge is 2.37. The maximum atomic E-state index is 2.65. The van der Waals surface area contributed by atoms with Gasteiger partial charge in [0, 0.05) is 4.90 Å². The maximum Gasteiger partial charge on any atom is 0.190 e. The first-order valence-corrected chi connectivity index (χ1v) is 12.5. The Balaban J connectivity index is 1.84. The van der Waals surface area contributed by atoms with E-state index in [0.717, 1.165) is 18.3 Å². The van der Waals surface area contributed by atoms with Gasteiger partial charge in [0.25, 0.3) is 0 Å². The Labute approximate surface area is 173 Å². The maximum absolute atomic E-state index is 2.65. The van der Waals surface area contributed by atoms with E-state index in [1.54, 1.807) is 4.80 Å². The van der Waals surface area contributed by atoms with Crippen molar-refractivity contribution in [3.8, 4) is 0 Å². The van der Waals surface area contributed by atoms with E-state index in [-0.39, 0.29) is 0 Å². The van der Waals surface area contributed by atoms with Gasteiger partial charge in [0.15, 0.2) is 6.71 Å². The Morgan fingerprint density at radius 3 is 2.00 bits per heavy atom. The van der Waals surface area contributed by atoms with Gasteiger partial charge in [0.05, 0.1) is 0 Å². The Morgan fingerprint density at radius 2 is 1.48 bits per heavy atom. The number of unbranched alkanes of at least 4 members (excludes halogenated alkanes) is 2. The van der Waals surface area contributed by atoms with Crippen LogP contribution in [0.4, 0.5) is 0 Å². The summed E-state index contributed by atoms with van der Waals surface area (Å²) in [5, 5.41) is 0. The molecule has 0 heterocycles. The van der Waals surface area contributed by atoms with E-state index in [4.69, 9.17) is 0 Å². The smallest absolute Gasteiger partial charge is 0.105 e. The lowest BCUT2D eigenvalue weighted by atomic mass is 9.30. The van der Waals surface area contributed by atoms with Crippen LogP contribution in [-0.4, -0.2) is 6.71 Å². The van der Waals surface area contributed by atoms with Crippen LogP contribution < -0.4 is 0 Å². The Hall–Kier alpha value is -0.625. The zero-order chi connectivity index (χ0) is 18.9. The molecule has 2 fully saturated rings. The molecule has 2 heteroatoms. The van der Waals surface area contributed by atoms with E-state index < -0.39 is 0 Å². The molecule has 148 valence electrons. The van der Waals surface area contributed by atoms with Crippen molar-refractivity contribution in [1.82, 2.24) is 0 Å². The van der Waals surface area contributed by atoms with Crippen LogP contribution >= 0.6 is 11.8 Å². The lowest BCUT2D eigenvalue weighted by Gasteiger charge is -2.37. The molecular formula is C25H39BS. The quantitative estimate of drug-likeness (QED) is 0.246. The highest BCUT2D eigenvalue weighted by atomic mass is 32.2. The zero-order valence-corrected chi connectivity index (χ0v) is 18.5. The number of allylic oxidation sites excluding steroid dienone is 1. The highest BCUT2D eigenvalue weighted by Crippen LogP contribution is 2.47. The van der Waals surface area contributed by atoms with Gasteiger partial charge in [-0.3, -0.25) is 0 Å². The third-order valence-corrected chi connectivity index (χ3v) is 7.99. The summed E-state index contributed by atoms with van der Waals surface area (Å²) in [7, 11) is 0. The number of rotatable bonds is 8. The number of benzene rings is 1. The highest BCUT2D eigenvalue weighted by molar-refractivity contribution is 8.05. The summed E-state index contributed by atoms with van der Waals surface area (Å²) in [5.74, 6) is 1.88. The summed E-state index contributed by atoms with van der Waals surface area (Å²) >= 11 is 2.10. The molecule has 27 heavy (non-hydrogen) atoms. The molecule has 2 saturated carbocycles. The molecule has 0 atom stereocenters. The van der Waals surface area contributed by atoms with Crippen molar-refractivity contribution in [3.63, 3.8) is 0 Å². The molecule has 0 nitrogen and oxygen atoms in total. The second-order valence-electron chi connectivity index (χ2n) is 8.99. The van der Waals surface area contributed by atoms with Crippen LogP contribution in [0.5, 0.6) is 0 Å². The van der Waals surface area contributed by atoms with Gasteiger partial charge in [-0.1, -0.05) is 119 Å². The predicted molar refractivity (Wildman–Crippen MR) is 124 cm³/mol. The second-order valence-corrected chi connectivity index (χ2v) is 10.1. The summed E-state index contributed by atoms with van der Waals surface area (Å²) in [4.78, 5) is 3.17. The van der Waals surface area contributed by atoms with Gasteiger partial charge in [-0.15, -0.1) is 11.8 Å². The van der Waals surface area contributed by atoms with E-state index in [1.807, 2.05) is 0 Å². The van der Waals surface area contributed by atoms with Crippen molar-refractivity contribution in [2.24, 2.45) is 0 Å². The molecule has 0 saturated heterocycles. The van der Waals surface area contributed by atoms with Gasteiger partial charge in [-0.05, 0) is 30.3 Å². The van der Waals surface area contributed by atoms with Crippen LogP contribution in [0.2, 0.25) is 11.6 Å². The molecule has 0 amide bonds. The molecule has 1 aromatic rings. The standard InChI is InChI=1S/C25H39BS/c1-3-4-7-16-25(27-24-19-17-21(2)18-20-24)26(22-12-8-5-9-13-22)23-14-10-6-11-15-23/h16-20,22-23H,3-15H2,1-2H3/b25-16-. The first-order chi connectivity index (χ1) is 13.3. The normalized spacial score (nSPS) is 20.0. The largest absolute Gasteiger partial charge is 0.190 e. The van der Waals surface area contributed by atoms with Crippen molar-refractivity contribution >= 4 is 18.5 Å². The van der Waals surface area contributed by atoms with Crippen LogP contribution in [-0.2, 0) is 0 Å². The van der Waals surface area contributed by atoms with Gasteiger partial charge in [0.1, 0.15) is 0 Å². The van der Waals surface area contributed by atoms with E-state index in [0.29, 0.717) is 0 Å². The van der Waals surface area contributed by atoms with Crippen molar-refractivity contribution in [2.75, 3.05) is 0 Å². The molecule has 0 aliphatic heterocycles. The Morgan fingerprint density at radius 1 is 0.926 bits per heavy atom. The third-order valence-electron chi connectivity index (χ3n) is 6.80. The third kappa shape index (κ3) is 6.45. The SMILES string of the molecule is CCCC/C=C(\Sc1ccc(C)cc1)B(C1CCCCC1)C1CCCCC1.